The van der Waals surface area contributed by atoms with Crippen LogP contribution in [-0.2, 0) is 14.8 Å². The normalized spacial score (nSPS) is 12.3. The number of ether oxygens (including phenoxy) is 1. The Bertz CT molecular complexity index is 1560. The maximum absolute atomic E-state index is 13.6. The van der Waals surface area contributed by atoms with Crippen molar-refractivity contribution in [2.24, 2.45) is 0 Å². The van der Waals surface area contributed by atoms with Crippen LogP contribution in [-0.4, -0.2) is 76.0 Å². The Labute approximate surface area is 214 Å². The molecule has 0 aliphatic rings. The first-order valence-corrected chi connectivity index (χ1v) is 12.9. The highest BCUT2D eigenvalue weighted by Crippen LogP contribution is 2.28. The average molecular weight is 531 g/mol. The third-order valence-corrected chi connectivity index (χ3v) is 7.43. The first-order valence-electron chi connectivity index (χ1n) is 11.5. The smallest absolute Gasteiger partial charge is 0.410 e. The molecule has 0 radical (unpaired) electrons. The van der Waals surface area contributed by atoms with E-state index in [0.717, 1.165) is 4.31 Å². The van der Waals surface area contributed by atoms with E-state index in [2.05, 4.69) is 15.9 Å². The number of carboxylic acids is 1. The Hall–Kier alpha value is -3.82. The van der Waals surface area contributed by atoms with Crippen molar-refractivity contribution in [1.82, 2.24) is 19.2 Å². The van der Waals surface area contributed by atoms with Gasteiger partial charge in [-0.15, -0.1) is 6.42 Å². The fourth-order valence-corrected chi connectivity index (χ4v) is 5.24. The fourth-order valence-electron chi connectivity index (χ4n) is 3.87. The summed E-state index contributed by atoms with van der Waals surface area (Å²) >= 11 is 0. The van der Waals surface area contributed by atoms with Crippen LogP contribution in [0.1, 0.15) is 45.0 Å². The maximum atomic E-state index is 13.6. The average Bonchev–Trinajstić information content (AvgIpc) is 3.23. The quantitative estimate of drug-likeness (QED) is 0.379. The van der Waals surface area contributed by atoms with Crippen LogP contribution < -0.4 is 5.56 Å². The highest BCUT2D eigenvalue weighted by Gasteiger charge is 2.29. The van der Waals surface area contributed by atoms with Crippen LogP contribution in [0.25, 0.3) is 21.8 Å². The molecule has 12 heteroatoms. The predicted octanol–water partition coefficient (Wildman–Crippen LogP) is 2.98. The number of sulfonamides is 1. The molecule has 0 aliphatic heterocycles. The van der Waals surface area contributed by atoms with E-state index in [1.165, 1.54) is 29.3 Å². The van der Waals surface area contributed by atoms with E-state index in [0.29, 0.717) is 0 Å². The van der Waals surface area contributed by atoms with Gasteiger partial charge >= 0.3 is 12.1 Å². The number of aromatic amines is 2. The number of hydrogen-bond donors (Lipinski definition) is 3. The number of aromatic carboxylic acids is 1. The van der Waals surface area contributed by atoms with Crippen LogP contribution in [0.5, 0.6) is 0 Å². The van der Waals surface area contributed by atoms with Crippen LogP contribution in [0.2, 0.25) is 0 Å². The van der Waals surface area contributed by atoms with Gasteiger partial charge in [-0.2, -0.15) is 4.31 Å². The van der Waals surface area contributed by atoms with Gasteiger partial charge in [-0.1, -0.05) is 5.92 Å². The summed E-state index contributed by atoms with van der Waals surface area (Å²) in [4.78, 5) is 43.3. The minimum atomic E-state index is -4.17. The summed E-state index contributed by atoms with van der Waals surface area (Å²) in [7, 11) is -4.17. The zero-order valence-corrected chi connectivity index (χ0v) is 22.1. The molecule has 1 aromatic carbocycles. The molecular weight excluding hydrogens is 500 g/mol. The lowest BCUT2D eigenvalue weighted by Crippen LogP contribution is -2.46. The molecule has 0 spiro atoms. The summed E-state index contributed by atoms with van der Waals surface area (Å²) in [5.41, 5.74) is -1.12. The molecular formula is C25H30N4O7S. The van der Waals surface area contributed by atoms with Crippen molar-refractivity contribution in [1.29, 1.82) is 0 Å². The molecule has 0 fully saturated rings. The highest BCUT2D eigenvalue weighted by molar-refractivity contribution is 7.89. The van der Waals surface area contributed by atoms with Crippen LogP contribution in [0, 0.1) is 12.3 Å². The number of amides is 1. The topological polar surface area (TPSA) is 153 Å². The van der Waals surface area contributed by atoms with Gasteiger partial charge in [-0.3, -0.25) is 4.79 Å². The van der Waals surface area contributed by atoms with Gasteiger partial charge in [0.2, 0.25) is 10.0 Å². The first-order chi connectivity index (χ1) is 17.2. The largest absolute Gasteiger partial charge is 0.478 e. The molecule has 0 saturated heterocycles. The van der Waals surface area contributed by atoms with Gasteiger partial charge in [0.05, 0.1) is 17.0 Å². The lowest BCUT2D eigenvalue weighted by atomic mass is 10.1. The number of carboxylic acid groups (broad SMARTS) is 1. The fraction of sp³-hybridized carbons (Fsp3) is 0.400. The number of nitrogens with one attached hydrogen (secondary N) is 2. The highest BCUT2D eigenvalue weighted by atomic mass is 32.2. The number of pyridine rings is 1. The van der Waals surface area contributed by atoms with Crippen molar-refractivity contribution >= 4 is 43.9 Å². The zero-order chi connectivity index (χ0) is 27.7. The van der Waals surface area contributed by atoms with Gasteiger partial charge in [-0.25, -0.2) is 18.0 Å². The molecule has 2 aromatic heterocycles. The molecule has 0 bridgehead atoms. The molecule has 0 saturated carbocycles. The molecule has 3 aromatic rings. The lowest BCUT2D eigenvalue weighted by molar-refractivity contribution is 0.0184. The van der Waals surface area contributed by atoms with E-state index in [9.17, 15) is 27.9 Å². The number of fused-ring (bicyclic) bond motifs is 3. The molecule has 3 rings (SSSR count). The minimum absolute atomic E-state index is 0.0184. The van der Waals surface area contributed by atoms with E-state index in [4.69, 9.17) is 11.2 Å². The number of H-pyrrole nitrogens is 2. The van der Waals surface area contributed by atoms with Crippen LogP contribution in [0.4, 0.5) is 4.79 Å². The van der Waals surface area contributed by atoms with E-state index in [1.54, 1.807) is 34.6 Å². The summed E-state index contributed by atoms with van der Waals surface area (Å²) in [6.07, 6.45) is 6.07. The lowest BCUT2D eigenvalue weighted by Gasteiger charge is -2.31. The molecule has 0 aliphatic carbocycles. The van der Waals surface area contributed by atoms with Crippen molar-refractivity contribution in [3.63, 3.8) is 0 Å². The SMILES string of the molecule is C#CCN(CCN(C(=O)OC(C)(C)C)C(C)C)S(=O)(=O)c1ccc2[nH]c(=O)c3[nH]cc(C(=O)O)c3c2c1. The number of hydrogen-bond acceptors (Lipinski definition) is 6. The Morgan fingerprint density at radius 1 is 1.22 bits per heavy atom. The molecule has 0 unspecified atom stereocenters. The monoisotopic (exact) mass is 530 g/mol. The van der Waals surface area contributed by atoms with Gasteiger partial charge in [0.15, 0.2) is 0 Å². The van der Waals surface area contributed by atoms with Crippen LogP contribution >= 0.6 is 0 Å². The standard InChI is InChI=1S/C25H30N4O7S/c1-7-10-28(11-12-29(15(2)3)24(33)36-25(4,5)6)37(34,35)16-8-9-19-17(13-16)20-18(23(31)32)14-26-21(20)22(30)27-19/h1,8-9,13-15,26H,10-12H2,2-6H3,(H,27,30)(H,31,32). The van der Waals surface area contributed by atoms with E-state index >= 15 is 0 Å². The number of carbonyl (C=O) groups excluding carboxylic acids is 1. The third kappa shape index (κ3) is 5.79. The van der Waals surface area contributed by atoms with Crippen molar-refractivity contribution in [3.8, 4) is 12.3 Å². The summed E-state index contributed by atoms with van der Waals surface area (Å²) < 4.78 is 33.7. The van der Waals surface area contributed by atoms with Gasteiger partial charge in [-0.05, 0) is 52.8 Å². The number of rotatable bonds is 8. The maximum Gasteiger partial charge on any atom is 0.410 e. The number of benzene rings is 1. The summed E-state index contributed by atoms with van der Waals surface area (Å²) in [6.45, 7) is 8.46. The van der Waals surface area contributed by atoms with Crippen molar-refractivity contribution in [3.05, 3.63) is 40.3 Å². The van der Waals surface area contributed by atoms with Crippen molar-refractivity contribution in [2.45, 2.75) is 51.2 Å². The van der Waals surface area contributed by atoms with Crippen LogP contribution in [0.3, 0.4) is 0 Å². The number of nitrogens with zero attached hydrogens (tertiary/aromatic N) is 2. The second kappa shape index (κ2) is 10.3. The second-order valence-electron chi connectivity index (χ2n) is 9.73. The third-order valence-electron chi connectivity index (χ3n) is 5.59. The molecule has 2 heterocycles. The van der Waals surface area contributed by atoms with Gasteiger partial charge in [0.1, 0.15) is 11.1 Å². The zero-order valence-electron chi connectivity index (χ0n) is 21.3. The number of terminal acetylenes is 1. The Balaban J connectivity index is 2.03. The molecule has 0 atom stereocenters. The van der Waals surface area contributed by atoms with Crippen molar-refractivity contribution in [2.75, 3.05) is 19.6 Å². The molecule has 1 amide bonds. The predicted molar refractivity (Wildman–Crippen MR) is 139 cm³/mol. The van der Waals surface area contributed by atoms with E-state index in [1.807, 2.05) is 0 Å². The van der Waals surface area contributed by atoms with Gasteiger partial charge in [0, 0.05) is 41.6 Å². The minimum Gasteiger partial charge on any atom is -0.478 e. The van der Waals surface area contributed by atoms with Crippen molar-refractivity contribution < 1.29 is 27.9 Å². The molecule has 11 nitrogen and oxygen atoms in total. The van der Waals surface area contributed by atoms with Gasteiger partial charge in [0.25, 0.3) is 5.56 Å². The van der Waals surface area contributed by atoms with Gasteiger partial charge < -0.3 is 24.7 Å². The Morgan fingerprint density at radius 2 is 1.89 bits per heavy atom. The molecule has 37 heavy (non-hydrogen) atoms. The first kappa shape index (κ1) is 27.8. The van der Waals surface area contributed by atoms with E-state index in [-0.39, 0.29) is 57.9 Å². The Kier molecular flexibility index (Phi) is 7.71. The van der Waals surface area contributed by atoms with E-state index < -0.39 is 33.2 Å². The second-order valence-corrected chi connectivity index (χ2v) is 11.7. The number of aromatic nitrogens is 2. The summed E-state index contributed by atoms with van der Waals surface area (Å²) in [5.74, 6) is 1.07. The van der Waals surface area contributed by atoms with Crippen LogP contribution in [0.15, 0.2) is 34.1 Å². The molecule has 198 valence electrons. The summed E-state index contributed by atoms with van der Waals surface area (Å²) in [6, 6.07) is 3.75. The summed E-state index contributed by atoms with van der Waals surface area (Å²) in [5, 5.41) is 9.91. The Morgan fingerprint density at radius 3 is 2.46 bits per heavy atom. The molecule has 3 N–H and O–H groups in total. The number of carbonyl (C=O) groups is 2.